The predicted octanol–water partition coefficient (Wildman–Crippen LogP) is 2.70. The van der Waals surface area contributed by atoms with Gasteiger partial charge in [0, 0.05) is 31.7 Å². The second-order valence-electron chi connectivity index (χ2n) is 7.39. The van der Waals surface area contributed by atoms with Crippen molar-refractivity contribution in [1.82, 2.24) is 15.4 Å². The summed E-state index contributed by atoms with van der Waals surface area (Å²) >= 11 is 0. The lowest BCUT2D eigenvalue weighted by Gasteiger charge is -2.16. The molecule has 7 nitrogen and oxygen atoms in total. The lowest BCUT2D eigenvalue weighted by Crippen LogP contribution is -2.37. The summed E-state index contributed by atoms with van der Waals surface area (Å²) in [5, 5.41) is 6.53. The first-order chi connectivity index (χ1) is 14.2. The smallest absolute Gasteiger partial charge is 0.216 e. The van der Waals surface area contributed by atoms with Crippen molar-refractivity contribution in [3.63, 3.8) is 0 Å². The van der Waals surface area contributed by atoms with Crippen molar-refractivity contribution in [2.75, 3.05) is 14.2 Å². The van der Waals surface area contributed by atoms with Crippen molar-refractivity contribution in [3.8, 4) is 5.75 Å². The minimum absolute atomic E-state index is 0.0599. The number of nitrogens with zero attached hydrogens (tertiary/aromatic N) is 1. The summed E-state index contributed by atoms with van der Waals surface area (Å²) in [5.41, 5.74) is 3.82. The van der Waals surface area contributed by atoms with E-state index in [4.69, 9.17) is 4.74 Å². The molecule has 0 aliphatic rings. The third-order valence-electron chi connectivity index (χ3n) is 4.44. The zero-order chi connectivity index (χ0) is 22.1. The Morgan fingerprint density at radius 1 is 1.03 bits per heavy atom. The Morgan fingerprint density at radius 2 is 1.67 bits per heavy atom. The Kier molecular flexibility index (Phi) is 8.68. The summed E-state index contributed by atoms with van der Waals surface area (Å²) in [6.07, 6.45) is 0. The first-order valence-corrected chi connectivity index (χ1v) is 11.5. The SMILES string of the molecule is CN=C(NCc1ccccc1CS(=O)(=O)NC(C)C)NCc1ccc(C)cc1OC. The van der Waals surface area contributed by atoms with E-state index in [1.165, 1.54) is 0 Å². The molecule has 3 N–H and O–H groups in total. The van der Waals surface area contributed by atoms with Gasteiger partial charge in [0.1, 0.15) is 5.75 Å². The Bertz CT molecular complexity index is 972. The number of aliphatic imine (C=N–C) groups is 1. The lowest BCUT2D eigenvalue weighted by atomic mass is 10.1. The molecule has 0 atom stereocenters. The zero-order valence-electron chi connectivity index (χ0n) is 18.3. The van der Waals surface area contributed by atoms with Gasteiger partial charge in [-0.3, -0.25) is 4.99 Å². The van der Waals surface area contributed by atoms with E-state index >= 15 is 0 Å². The number of benzene rings is 2. The maximum absolute atomic E-state index is 12.3. The maximum Gasteiger partial charge on any atom is 0.216 e. The fourth-order valence-corrected chi connectivity index (χ4v) is 4.55. The van der Waals surface area contributed by atoms with Crippen molar-refractivity contribution >= 4 is 16.0 Å². The van der Waals surface area contributed by atoms with Crippen LogP contribution in [0.1, 0.15) is 36.1 Å². The van der Waals surface area contributed by atoms with E-state index in [1.54, 1.807) is 14.2 Å². The molecule has 0 aromatic heterocycles. The van der Waals surface area contributed by atoms with E-state index in [0.29, 0.717) is 19.0 Å². The molecule has 0 spiro atoms. The first-order valence-electron chi connectivity index (χ1n) is 9.89. The highest BCUT2D eigenvalue weighted by molar-refractivity contribution is 7.88. The molecule has 2 aromatic carbocycles. The molecule has 0 aliphatic heterocycles. The average Bonchev–Trinajstić information content (AvgIpc) is 2.68. The van der Waals surface area contributed by atoms with Crippen molar-refractivity contribution in [3.05, 3.63) is 64.7 Å². The third kappa shape index (κ3) is 7.35. The van der Waals surface area contributed by atoms with Crippen molar-refractivity contribution < 1.29 is 13.2 Å². The minimum atomic E-state index is -3.40. The summed E-state index contributed by atoms with van der Waals surface area (Å²) in [6.45, 7) is 6.65. The van der Waals surface area contributed by atoms with Gasteiger partial charge >= 0.3 is 0 Å². The van der Waals surface area contributed by atoms with Crippen LogP contribution in [-0.2, 0) is 28.9 Å². The summed E-state index contributed by atoms with van der Waals surface area (Å²) in [5.74, 6) is 1.39. The van der Waals surface area contributed by atoms with Crippen molar-refractivity contribution in [2.24, 2.45) is 4.99 Å². The highest BCUT2D eigenvalue weighted by Crippen LogP contribution is 2.19. The Hall–Kier alpha value is -2.58. The molecular formula is C22H32N4O3S. The number of hydrogen-bond acceptors (Lipinski definition) is 4. The molecule has 164 valence electrons. The topological polar surface area (TPSA) is 91.8 Å². The second kappa shape index (κ2) is 11.0. The summed E-state index contributed by atoms with van der Waals surface area (Å²) < 4.78 is 32.7. The highest BCUT2D eigenvalue weighted by atomic mass is 32.2. The van der Waals surface area contributed by atoms with Crippen LogP contribution in [0.2, 0.25) is 0 Å². The van der Waals surface area contributed by atoms with E-state index in [2.05, 4.69) is 20.3 Å². The number of hydrogen-bond donors (Lipinski definition) is 3. The predicted molar refractivity (Wildman–Crippen MR) is 122 cm³/mol. The van der Waals surface area contributed by atoms with Crippen LogP contribution >= 0.6 is 0 Å². The fourth-order valence-electron chi connectivity index (χ4n) is 3.05. The van der Waals surface area contributed by atoms with Gasteiger partial charge in [-0.25, -0.2) is 13.1 Å². The first kappa shape index (κ1) is 23.7. The molecule has 0 amide bonds. The zero-order valence-corrected chi connectivity index (χ0v) is 19.1. The van der Waals surface area contributed by atoms with Crippen LogP contribution in [0.15, 0.2) is 47.5 Å². The molecule has 0 heterocycles. The molecule has 8 heteroatoms. The van der Waals surface area contributed by atoms with Crippen LogP contribution in [0, 0.1) is 6.92 Å². The number of ether oxygens (including phenoxy) is 1. The van der Waals surface area contributed by atoms with Gasteiger partial charge in [0.2, 0.25) is 10.0 Å². The number of sulfonamides is 1. The van der Waals surface area contributed by atoms with Gasteiger partial charge in [-0.1, -0.05) is 36.4 Å². The van der Waals surface area contributed by atoms with Crippen LogP contribution in [0.4, 0.5) is 0 Å². The largest absolute Gasteiger partial charge is 0.496 e. The number of methoxy groups -OCH3 is 1. The fraction of sp³-hybridized carbons (Fsp3) is 0.409. The second-order valence-corrected chi connectivity index (χ2v) is 9.15. The molecule has 0 fully saturated rings. The molecule has 2 rings (SSSR count). The number of rotatable bonds is 9. The normalized spacial score (nSPS) is 12.1. The van der Waals surface area contributed by atoms with E-state index in [9.17, 15) is 8.42 Å². The van der Waals surface area contributed by atoms with Gasteiger partial charge in [-0.05, 0) is 43.5 Å². The molecule has 0 radical (unpaired) electrons. The van der Waals surface area contributed by atoms with Crippen LogP contribution in [0.5, 0.6) is 5.75 Å². The van der Waals surface area contributed by atoms with E-state index in [0.717, 1.165) is 28.0 Å². The summed E-state index contributed by atoms with van der Waals surface area (Å²) in [4.78, 5) is 4.26. The average molecular weight is 433 g/mol. The number of aryl methyl sites for hydroxylation is 1. The van der Waals surface area contributed by atoms with Gasteiger partial charge < -0.3 is 15.4 Å². The molecule has 0 bridgehead atoms. The van der Waals surface area contributed by atoms with Gasteiger partial charge in [0.25, 0.3) is 0 Å². The number of guanidine groups is 1. The molecule has 2 aromatic rings. The van der Waals surface area contributed by atoms with Gasteiger partial charge in [0.15, 0.2) is 5.96 Å². The van der Waals surface area contributed by atoms with Crippen LogP contribution in [0.3, 0.4) is 0 Å². The standard InChI is InChI=1S/C22H32N4O3S/c1-16(2)26-30(27,28)15-20-9-7-6-8-18(20)13-24-22(23-4)25-14-19-11-10-17(3)12-21(19)29-5/h6-12,16,26H,13-15H2,1-5H3,(H2,23,24,25). The molecule has 0 saturated carbocycles. The van der Waals surface area contributed by atoms with Gasteiger partial charge in [-0.2, -0.15) is 0 Å². The summed E-state index contributed by atoms with van der Waals surface area (Å²) in [6, 6.07) is 13.4. The van der Waals surface area contributed by atoms with Crippen LogP contribution < -0.4 is 20.1 Å². The van der Waals surface area contributed by atoms with Crippen LogP contribution in [-0.4, -0.2) is 34.6 Å². The Labute approximate surface area is 180 Å². The van der Waals surface area contributed by atoms with E-state index in [1.807, 2.05) is 63.2 Å². The lowest BCUT2D eigenvalue weighted by molar-refractivity contribution is 0.408. The quantitative estimate of drug-likeness (QED) is 0.419. The molecule has 0 aliphatic carbocycles. The molecule has 30 heavy (non-hydrogen) atoms. The summed E-state index contributed by atoms with van der Waals surface area (Å²) in [7, 11) is -0.0393. The third-order valence-corrected chi connectivity index (χ3v) is 5.96. The molecular weight excluding hydrogens is 400 g/mol. The minimum Gasteiger partial charge on any atom is -0.496 e. The monoisotopic (exact) mass is 432 g/mol. The van der Waals surface area contributed by atoms with Gasteiger partial charge in [-0.15, -0.1) is 0 Å². The van der Waals surface area contributed by atoms with Crippen LogP contribution in [0.25, 0.3) is 0 Å². The molecule has 0 saturated heterocycles. The maximum atomic E-state index is 12.3. The Morgan fingerprint density at radius 3 is 2.27 bits per heavy atom. The highest BCUT2D eigenvalue weighted by Gasteiger charge is 2.15. The van der Waals surface area contributed by atoms with Crippen molar-refractivity contribution in [2.45, 2.75) is 45.7 Å². The van der Waals surface area contributed by atoms with Crippen molar-refractivity contribution in [1.29, 1.82) is 0 Å². The van der Waals surface area contributed by atoms with E-state index in [-0.39, 0.29) is 11.8 Å². The number of nitrogens with one attached hydrogen (secondary N) is 3. The van der Waals surface area contributed by atoms with E-state index < -0.39 is 10.0 Å². The Balaban J connectivity index is 2.02. The van der Waals surface area contributed by atoms with Gasteiger partial charge in [0.05, 0.1) is 12.9 Å². The molecule has 0 unspecified atom stereocenters.